The number of ketones is 1. The average molecular weight is 247 g/mol. The molecule has 6 heteroatoms. The Morgan fingerprint density at radius 3 is 2.72 bits per heavy atom. The minimum atomic E-state index is -0.378. The standard InChI is InChI=1S/C12H13N3O3/c1-3-8-10(15-12(17)14-8)11(16)7-4-5-9(18-2)13-6-7/h4-6H,3H2,1-2H3,(H2,14,15,17). The smallest absolute Gasteiger partial charge is 0.323 e. The lowest BCUT2D eigenvalue weighted by molar-refractivity contribution is 0.103. The Kier molecular flexibility index (Phi) is 3.27. The van der Waals surface area contributed by atoms with Crippen LogP contribution in [0.4, 0.5) is 0 Å². The zero-order chi connectivity index (χ0) is 13.1. The quantitative estimate of drug-likeness (QED) is 0.786. The molecule has 0 aliphatic heterocycles. The number of pyridine rings is 1. The van der Waals surface area contributed by atoms with E-state index in [0.29, 0.717) is 23.6 Å². The molecule has 2 N–H and O–H groups in total. The number of methoxy groups -OCH3 is 1. The first-order valence-electron chi connectivity index (χ1n) is 5.51. The van der Waals surface area contributed by atoms with Crippen LogP contribution in [0.5, 0.6) is 5.88 Å². The number of ether oxygens (including phenoxy) is 1. The summed E-state index contributed by atoms with van der Waals surface area (Å²) in [6.45, 7) is 1.86. The highest BCUT2D eigenvalue weighted by atomic mass is 16.5. The fourth-order valence-corrected chi connectivity index (χ4v) is 1.66. The summed E-state index contributed by atoms with van der Waals surface area (Å²) in [5, 5.41) is 0. The molecular formula is C12H13N3O3. The lowest BCUT2D eigenvalue weighted by Crippen LogP contribution is -2.07. The zero-order valence-corrected chi connectivity index (χ0v) is 10.1. The molecule has 0 aliphatic rings. The van der Waals surface area contributed by atoms with Crippen LogP contribution in [0.1, 0.15) is 28.7 Å². The van der Waals surface area contributed by atoms with E-state index in [1.807, 2.05) is 6.92 Å². The van der Waals surface area contributed by atoms with Crippen molar-refractivity contribution in [3.63, 3.8) is 0 Å². The van der Waals surface area contributed by atoms with Crippen LogP contribution in [0, 0.1) is 0 Å². The highest BCUT2D eigenvalue weighted by molar-refractivity contribution is 6.08. The summed E-state index contributed by atoms with van der Waals surface area (Å²) < 4.78 is 4.92. The van der Waals surface area contributed by atoms with Crippen molar-refractivity contribution in [2.75, 3.05) is 7.11 Å². The number of aryl methyl sites for hydroxylation is 1. The van der Waals surface area contributed by atoms with Crippen LogP contribution in [-0.2, 0) is 6.42 Å². The topological polar surface area (TPSA) is 87.8 Å². The summed E-state index contributed by atoms with van der Waals surface area (Å²) in [6, 6.07) is 3.21. The second-order valence-electron chi connectivity index (χ2n) is 3.70. The third-order valence-corrected chi connectivity index (χ3v) is 2.59. The molecule has 94 valence electrons. The predicted molar refractivity (Wildman–Crippen MR) is 65.0 cm³/mol. The SMILES string of the molecule is CCc1[nH]c(=O)[nH]c1C(=O)c1ccc(OC)nc1. The van der Waals surface area contributed by atoms with Crippen LogP contribution in [0.15, 0.2) is 23.1 Å². The molecule has 0 aliphatic carbocycles. The van der Waals surface area contributed by atoms with E-state index in [1.165, 1.54) is 13.3 Å². The van der Waals surface area contributed by atoms with Gasteiger partial charge in [0.15, 0.2) is 0 Å². The summed E-state index contributed by atoms with van der Waals surface area (Å²) in [7, 11) is 1.50. The highest BCUT2D eigenvalue weighted by Gasteiger charge is 2.16. The molecular weight excluding hydrogens is 234 g/mol. The van der Waals surface area contributed by atoms with Crippen LogP contribution in [0.3, 0.4) is 0 Å². The molecule has 0 saturated heterocycles. The summed E-state index contributed by atoms with van der Waals surface area (Å²) in [4.78, 5) is 32.4. The molecule has 0 unspecified atom stereocenters. The van der Waals surface area contributed by atoms with Crippen molar-refractivity contribution in [2.24, 2.45) is 0 Å². The second-order valence-corrected chi connectivity index (χ2v) is 3.70. The largest absolute Gasteiger partial charge is 0.481 e. The van der Waals surface area contributed by atoms with Crippen molar-refractivity contribution in [3.05, 3.63) is 45.8 Å². The van der Waals surface area contributed by atoms with Crippen LogP contribution < -0.4 is 10.4 Å². The number of hydrogen-bond donors (Lipinski definition) is 2. The molecule has 0 aromatic carbocycles. The number of rotatable bonds is 4. The summed E-state index contributed by atoms with van der Waals surface area (Å²) >= 11 is 0. The zero-order valence-electron chi connectivity index (χ0n) is 10.1. The first-order chi connectivity index (χ1) is 8.65. The fourth-order valence-electron chi connectivity index (χ4n) is 1.66. The molecule has 2 heterocycles. The van der Waals surface area contributed by atoms with Gasteiger partial charge >= 0.3 is 5.69 Å². The van der Waals surface area contributed by atoms with Crippen molar-refractivity contribution in [1.29, 1.82) is 0 Å². The van der Waals surface area contributed by atoms with Crippen molar-refractivity contribution >= 4 is 5.78 Å². The molecule has 0 atom stereocenters. The van der Waals surface area contributed by atoms with E-state index in [2.05, 4.69) is 15.0 Å². The number of aromatic nitrogens is 3. The maximum Gasteiger partial charge on any atom is 0.323 e. The molecule has 0 fully saturated rings. The first-order valence-corrected chi connectivity index (χ1v) is 5.51. The van der Waals surface area contributed by atoms with Crippen LogP contribution in [0.2, 0.25) is 0 Å². The van der Waals surface area contributed by atoms with E-state index in [4.69, 9.17) is 4.74 Å². The maximum atomic E-state index is 12.2. The molecule has 2 aromatic rings. The third kappa shape index (κ3) is 2.17. The first kappa shape index (κ1) is 12.1. The van der Waals surface area contributed by atoms with Gasteiger partial charge in [-0.3, -0.25) is 4.79 Å². The Balaban J connectivity index is 2.37. The van der Waals surface area contributed by atoms with E-state index >= 15 is 0 Å². The number of H-pyrrole nitrogens is 2. The van der Waals surface area contributed by atoms with Gasteiger partial charge in [0.25, 0.3) is 0 Å². The summed E-state index contributed by atoms with van der Waals surface area (Å²) in [6.07, 6.45) is 2.00. The predicted octanol–water partition coefficient (Wildman–Crippen LogP) is 0.900. The van der Waals surface area contributed by atoms with Gasteiger partial charge < -0.3 is 14.7 Å². The monoisotopic (exact) mass is 247 g/mol. The minimum absolute atomic E-state index is 0.264. The molecule has 0 amide bonds. The molecule has 0 saturated carbocycles. The lowest BCUT2D eigenvalue weighted by atomic mass is 10.1. The van der Waals surface area contributed by atoms with E-state index < -0.39 is 0 Å². The van der Waals surface area contributed by atoms with Crippen molar-refractivity contribution in [1.82, 2.24) is 15.0 Å². The van der Waals surface area contributed by atoms with Gasteiger partial charge in [0, 0.05) is 23.5 Å². The van der Waals surface area contributed by atoms with Crippen LogP contribution in [-0.4, -0.2) is 27.8 Å². The van der Waals surface area contributed by atoms with Gasteiger partial charge in [0.1, 0.15) is 5.69 Å². The third-order valence-electron chi connectivity index (χ3n) is 2.59. The number of nitrogens with one attached hydrogen (secondary N) is 2. The van der Waals surface area contributed by atoms with E-state index in [1.54, 1.807) is 12.1 Å². The molecule has 0 bridgehead atoms. The fraction of sp³-hybridized carbons (Fsp3) is 0.250. The minimum Gasteiger partial charge on any atom is -0.481 e. The van der Waals surface area contributed by atoms with Crippen LogP contribution in [0.25, 0.3) is 0 Å². The molecule has 2 rings (SSSR count). The summed E-state index contributed by atoms with van der Waals surface area (Å²) in [5.41, 5.74) is 0.910. The Bertz CT molecular complexity index is 610. The van der Waals surface area contributed by atoms with Gasteiger partial charge in [-0.25, -0.2) is 9.78 Å². The average Bonchev–Trinajstić information content (AvgIpc) is 2.79. The van der Waals surface area contributed by atoms with E-state index in [-0.39, 0.29) is 17.2 Å². The van der Waals surface area contributed by atoms with Gasteiger partial charge in [-0.15, -0.1) is 0 Å². The van der Waals surface area contributed by atoms with Gasteiger partial charge in [-0.2, -0.15) is 0 Å². The van der Waals surface area contributed by atoms with Gasteiger partial charge in [-0.1, -0.05) is 6.92 Å². The Hall–Kier alpha value is -2.37. The Morgan fingerprint density at radius 1 is 1.39 bits per heavy atom. The van der Waals surface area contributed by atoms with Crippen LogP contribution >= 0.6 is 0 Å². The van der Waals surface area contributed by atoms with E-state index in [0.717, 1.165) is 0 Å². The molecule has 18 heavy (non-hydrogen) atoms. The Labute approximate surface area is 103 Å². The number of hydrogen-bond acceptors (Lipinski definition) is 4. The Morgan fingerprint density at radius 2 is 2.17 bits per heavy atom. The second kappa shape index (κ2) is 4.87. The highest BCUT2D eigenvalue weighted by Crippen LogP contribution is 2.12. The maximum absolute atomic E-state index is 12.2. The molecule has 2 aromatic heterocycles. The van der Waals surface area contributed by atoms with Crippen molar-refractivity contribution in [3.8, 4) is 5.88 Å². The number of aromatic amines is 2. The van der Waals surface area contributed by atoms with Gasteiger partial charge in [0.05, 0.1) is 7.11 Å². The molecule has 0 radical (unpaired) electrons. The van der Waals surface area contributed by atoms with Crippen molar-refractivity contribution in [2.45, 2.75) is 13.3 Å². The molecule has 0 spiro atoms. The lowest BCUT2D eigenvalue weighted by Gasteiger charge is -2.02. The van der Waals surface area contributed by atoms with Gasteiger partial charge in [0.2, 0.25) is 11.7 Å². The number of carbonyl (C=O) groups excluding carboxylic acids is 1. The number of nitrogens with zero attached hydrogens (tertiary/aromatic N) is 1. The normalized spacial score (nSPS) is 10.3. The number of imidazole rings is 1. The van der Waals surface area contributed by atoms with Crippen molar-refractivity contribution < 1.29 is 9.53 Å². The summed E-state index contributed by atoms with van der Waals surface area (Å²) in [5.74, 6) is 0.171. The molecule has 6 nitrogen and oxygen atoms in total. The number of carbonyl (C=O) groups is 1. The van der Waals surface area contributed by atoms with Gasteiger partial charge in [-0.05, 0) is 12.5 Å². The van der Waals surface area contributed by atoms with E-state index in [9.17, 15) is 9.59 Å².